The zero-order valence-corrected chi connectivity index (χ0v) is 12.1. The lowest BCUT2D eigenvalue weighted by Gasteiger charge is -2.23. The smallest absolute Gasteiger partial charge is 0.307 e. The first-order valence-electron chi connectivity index (χ1n) is 7.23. The van der Waals surface area contributed by atoms with Gasteiger partial charge in [-0.1, -0.05) is 18.9 Å². The van der Waals surface area contributed by atoms with E-state index in [2.05, 4.69) is 11.4 Å². The number of carboxylic acid groups (broad SMARTS) is 1. The molecule has 2 aliphatic carbocycles. The highest BCUT2D eigenvalue weighted by molar-refractivity contribution is 7.10. The highest BCUT2D eigenvalue weighted by Gasteiger charge is 2.49. The second-order valence-electron chi connectivity index (χ2n) is 5.83. The number of hydrogen-bond donors (Lipinski definition) is 2. The van der Waals surface area contributed by atoms with Gasteiger partial charge in [0.1, 0.15) is 0 Å². The number of rotatable bonds is 5. The summed E-state index contributed by atoms with van der Waals surface area (Å²) >= 11 is 1.67. The van der Waals surface area contributed by atoms with Gasteiger partial charge in [-0.25, -0.2) is 0 Å². The van der Waals surface area contributed by atoms with Crippen LogP contribution in [-0.4, -0.2) is 17.0 Å². The molecule has 20 heavy (non-hydrogen) atoms. The van der Waals surface area contributed by atoms with Crippen molar-refractivity contribution in [1.29, 1.82) is 0 Å². The van der Waals surface area contributed by atoms with Gasteiger partial charge in [-0.3, -0.25) is 9.59 Å². The predicted octanol–water partition coefficient (Wildman–Crippen LogP) is 2.82. The summed E-state index contributed by atoms with van der Waals surface area (Å²) in [6, 6.07) is 4.14. The molecule has 2 N–H and O–H groups in total. The number of aliphatic carboxylic acids is 1. The average molecular weight is 293 g/mol. The molecule has 1 aromatic rings. The van der Waals surface area contributed by atoms with Crippen molar-refractivity contribution in [3.8, 4) is 0 Å². The lowest BCUT2D eigenvalue weighted by molar-refractivity contribution is -0.140. The summed E-state index contributed by atoms with van der Waals surface area (Å²) in [5, 5.41) is 14.1. The van der Waals surface area contributed by atoms with Gasteiger partial charge in [0.15, 0.2) is 0 Å². The first-order chi connectivity index (χ1) is 9.66. The molecule has 2 fully saturated rings. The number of carbonyl (C=O) groups is 2. The molecule has 0 aromatic carbocycles. The molecule has 0 radical (unpaired) electrons. The van der Waals surface area contributed by atoms with Crippen LogP contribution in [0, 0.1) is 17.8 Å². The maximum atomic E-state index is 12.2. The summed E-state index contributed by atoms with van der Waals surface area (Å²) in [5.74, 6) is -1.22. The number of thiophene rings is 1. The summed E-state index contributed by atoms with van der Waals surface area (Å²) in [7, 11) is 0. The first-order valence-corrected chi connectivity index (χ1v) is 8.11. The summed E-state index contributed by atoms with van der Waals surface area (Å²) < 4.78 is 0. The Labute approximate surface area is 122 Å². The third-order valence-electron chi connectivity index (χ3n) is 4.46. The molecule has 3 rings (SSSR count). The highest BCUT2D eigenvalue weighted by Crippen LogP contribution is 2.41. The zero-order valence-electron chi connectivity index (χ0n) is 11.2. The van der Waals surface area contributed by atoms with E-state index in [-0.39, 0.29) is 17.9 Å². The highest BCUT2D eigenvalue weighted by atomic mass is 32.1. The predicted molar refractivity (Wildman–Crippen MR) is 76.4 cm³/mol. The van der Waals surface area contributed by atoms with Crippen LogP contribution in [0.15, 0.2) is 17.5 Å². The van der Waals surface area contributed by atoms with Gasteiger partial charge in [0.05, 0.1) is 17.9 Å². The maximum absolute atomic E-state index is 12.2. The lowest BCUT2D eigenvalue weighted by Crippen LogP contribution is -2.34. The Morgan fingerprint density at radius 3 is 2.60 bits per heavy atom. The third kappa shape index (κ3) is 2.73. The third-order valence-corrected chi connectivity index (χ3v) is 5.42. The van der Waals surface area contributed by atoms with Crippen molar-refractivity contribution in [3.05, 3.63) is 22.4 Å². The van der Waals surface area contributed by atoms with Crippen molar-refractivity contribution in [1.82, 2.24) is 5.32 Å². The van der Waals surface area contributed by atoms with Gasteiger partial charge < -0.3 is 10.4 Å². The normalized spacial score (nSPS) is 27.2. The van der Waals surface area contributed by atoms with Crippen molar-refractivity contribution in [2.75, 3.05) is 0 Å². The van der Waals surface area contributed by atoms with E-state index in [0.29, 0.717) is 12.3 Å². The molecular weight excluding hydrogens is 274 g/mol. The molecule has 2 aliphatic rings. The van der Waals surface area contributed by atoms with Crippen molar-refractivity contribution in [2.24, 2.45) is 17.8 Å². The first kappa shape index (κ1) is 13.6. The molecule has 1 heterocycles. The van der Waals surface area contributed by atoms with Crippen LogP contribution in [0.4, 0.5) is 0 Å². The fraction of sp³-hybridized carbons (Fsp3) is 0.600. The average Bonchev–Trinajstić information content (AvgIpc) is 2.85. The Bertz CT molecular complexity index is 493. The van der Waals surface area contributed by atoms with Crippen molar-refractivity contribution in [2.45, 2.75) is 38.1 Å². The van der Waals surface area contributed by atoms with Crippen LogP contribution < -0.4 is 5.32 Å². The Kier molecular flexibility index (Phi) is 3.78. The standard InChI is InChI=1S/C15H19NO3S/c17-14(10-8-11(10)15(18)19)16-13(9-4-1-2-5-9)12-6-3-7-20-12/h3,6-7,9-11,13H,1-2,4-5,8H2,(H,16,17)(H,18,19). The van der Waals surface area contributed by atoms with Crippen LogP contribution in [0.1, 0.15) is 43.0 Å². The van der Waals surface area contributed by atoms with E-state index >= 15 is 0 Å². The monoisotopic (exact) mass is 293 g/mol. The topological polar surface area (TPSA) is 66.4 Å². The summed E-state index contributed by atoms with van der Waals surface area (Å²) in [6.45, 7) is 0. The Morgan fingerprint density at radius 2 is 2.05 bits per heavy atom. The molecule has 3 atom stereocenters. The van der Waals surface area contributed by atoms with Gasteiger partial charge in [0.25, 0.3) is 0 Å². The molecule has 108 valence electrons. The summed E-state index contributed by atoms with van der Waals surface area (Å²) in [6.07, 6.45) is 5.24. The SMILES string of the molecule is O=C(O)C1CC1C(=O)NC(c1cccs1)C1CCCC1. The number of carbonyl (C=O) groups excluding carboxylic acids is 1. The second-order valence-corrected chi connectivity index (χ2v) is 6.81. The van der Waals surface area contributed by atoms with Crippen LogP contribution in [-0.2, 0) is 9.59 Å². The molecule has 0 aliphatic heterocycles. The Balaban J connectivity index is 1.67. The van der Waals surface area contributed by atoms with E-state index in [1.165, 1.54) is 17.7 Å². The minimum atomic E-state index is -0.848. The molecule has 1 amide bonds. The molecule has 0 bridgehead atoms. The van der Waals surface area contributed by atoms with Gasteiger partial charge >= 0.3 is 5.97 Å². The minimum Gasteiger partial charge on any atom is -0.481 e. The van der Waals surface area contributed by atoms with Crippen LogP contribution in [0.25, 0.3) is 0 Å². The van der Waals surface area contributed by atoms with E-state index in [1.54, 1.807) is 11.3 Å². The quantitative estimate of drug-likeness (QED) is 0.877. The number of carboxylic acids is 1. The number of nitrogens with one attached hydrogen (secondary N) is 1. The van der Waals surface area contributed by atoms with Crippen molar-refractivity contribution < 1.29 is 14.7 Å². The fourth-order valence-corrected chi connectivity index (χ4v) is 4.07. The molecule has 3 unspecified atom stereocenters. The molecule has 1 aromatic heterocycles. The van der Waals surface area contributed by atoms with Gasteiger partial charge in [0.2, 0.25) is 5.91 Å². The molecule has 5 heteroatoms. The molecule has 2 saturated carbocycles. The van der Waals surface area contributed by atoms with E-state index in [1.807, 2.05) is 11.4 Å². The van der Waals surface area contributed by atoms with Crippen LogP contribution in [0.5, 0.6) is 0 Å². The number of amides is 1. The maximum Gasteiger partial charge on any atom is 0.307 e. The second kappa shape index (κ2) is 5.56. The number of hydrogen-bond acceptors (Lipinski definition) is 3. The summed E-state index contributed by atoms with van der Waals surface area (Å²) in [5.41, 5.74) is 0. The van der Waals surface area contributed by atoms with Crippen molar-refractivity contribution in [3.63, 3.8) is 0 Å². The summed E-state index contributed by atoms with van der Waals surface area (Å²) in [4.78, 5) is 24.3. The largest absolute Gasteiger partial charge is 0.481 e. The Morgan fingerprint density at radius 1 is 1.30 bits per heavy atom. The van der Waals surface area contributed by atoms with Gasteiger partial charge in [-0.2, -0.15) is 0 Å². The minimum absolute atomic E-state index is 0.0695. The molecular formula is C15H19NO3S. The fourth-order valence-electron chi connectivity index (χ4n) is 3.20. The molecule has 0 spiro atoms. The van der Waals surface area contributed by atoms with Gasteiger partial charge in [-0.05, 0) is 36.6 Å². The molecule has 4 nitrogen and oxygen atoms in total. The zero-order chi connectivity index (χ0) is 14.1. The van der Waals surface area contributed by atoms with E-state index < -0.39 is 11.9 Å². The molecule has 0 saturated heterocycles. The van der Waals surface area contributed by atoms with Crippen LogP contribution in [0.3, 0.4) is 0 Å². The van der Waals surface area contributed by atoms with Crippen LogP contribution in [0.2, 0.25) is 0 Å². The lowest BCUT2D eigenvalue weighted by atomic mass is 9.96. The van der Waals surface area contributed by atoms with E-state index in [0.717, 1.165) is 12.8 Å². The van der Waals surface area contributed by atoms with Gasteiger partial charge in [0, 0.05) is 4.88 Å². The van der Waals surface area contributed by atoms with Gasteiger partial charge in [-0.15, -0.1) is 11.3 Å². The Hall–Kier alpha value is -1.36. The van der Waals surface area contributed by atoms with Crippen LogP contribution >= 0.6 is 11.3 Å². The van der Waals surface area contributed by atoms with Crippen molar-refractivity contribution >= 4 is 23.2 Å². The van der Waals surface area contributed by atoms with E-state index in [9.17, 15) is 9.59 Å². The van der Waals surface area contributed by atoms with E-state index in [4.69, 9.17) is 5.11 Å².